The second kappa shape index (κ2) is 6.11. The standard InChI is InChI=1S/C21H29ClO3/c1-20-9-7-14(23)11-13(20)3-4-15-16-5-6-18(25-19(24)12-22)21(16,2)10-8-17(15)20/h11,15-18H,3-10,12H2,1-2H3/t15-,16-,17+,18?,20-,21-/m0/s1. The number of halogens is 1. The van der Waals surface area contributed by atoms with Gasteiger partial charge in [0.05, 0.1) is 0 Å². The number of carbonyl (C=O) groups excluding carboxylic acids is 2. The number of esters is 1. The Balaban J connectivity index is 1.59. The van der Waals surface area contributed by atoms with Crippen molar-refractivity contribution in [1.82, 2.24) is 0 Å². The van der Waals surface area contributed by atoms with Crippen molar-refractivity contribution >= 4 is 23.4 Å². The molecule has 4 rings (SSSR count). The lowest BCUT2D eigenvalue weighted by atomic mass is 9.47. The van der Waals surface area contributed by atoms with Crippen LogP contribution in [0.5, 0.6) is 0 Å². The molecule has 0 aromatic rings. The number of ketones is 1. The van der Waals surface area contributed by atoms with Crippen LogP contribution in [0.4, 0.5) is 0 Å². The molecular weight excluding hydrogens is 336 g/mol. The summed E-state index contributed by atoms with van der Waals surface area (Å²) in [6.45, 7) is 4.75. The zero-order chi connectivity index (χ0) is 17.8. The van der Waals surface area contributed by atoms with Gasteiger partial charge in [0.15, 0.2) is 5.78 Å². The molecule has 0 amide bonds. The topological polar surface area (TPSA) is 43.4 Å². The maximum atomic E-state index is 11.9. The quantitative estimate of drug-likeness (QED) is 0.528. The van der Waals surface area contributed by atoms with Gasteiger partial charge >= 0.3 is 5.97 Å². The first-order chi connectivity index (χ1) is 11.9. The number of rotatable bonds is 2. The highest BCUT2D eigenvalue weighted by Gasteiger charge is 2.59. The minimum absolute atomic E-state index is 0.0300. The normalized spacial score (nSPS) is 45.9. The summed E-state index contributed by atoms with van der Waals surface area (Å²) >= 11 is 5.66. The number of hydrogen-bond donors (Lipinski definition) is 0. The van der Waals surface area contributed by atoms with E-state index in [1.165, 1.54) is 18.4 Å². The molecule has 3 saturated carbocycles. The number of hydrogen-bond acceptors (Lipinski definition) is 3. The monoisotopic (exact) mass is 364 g/mol. The second-order valence-corrected chi connectivity index (χ2v) is 9.47. The van der Waals surface area contributed by atoms with E-state index in [0.717, 1.165) is 32.1 Å². The van der Waals surface area contributed by atoms with Crippen LogP contribution in [0.1, 0.15) is 65.2 Å². The van der Waals surface area contributed by atoms with Crippen molar-refractivity contribution < 1.29 is 14.3 Å². The second-order valence-electron chi connectivity index (χ2n) is 9.20. The average molecular weight is 365 g/mol. The minimum Gasteiger partial charge on any atom is -0.461 e. The summed E-state index contributed by atoms with van der Waals surface area (Å²) in [5.41, 5.74) is 1.73. The molecule has 0 saturated heterocycles. The number of ether oxygens (including phenoxy) is 1. The van der Waals surface area contributed by atoms with Crippen LogP contribution in [0, 0.1) is 28.6 Å². The fourth-order valence-corrected chi connectivity index (χ4v) is 6.96. The highest BCUT2D eigenvalue weighted by Crippen LogP contribution is 2.65. The fourth-order valence-electron chi connectivity index (χ4n) is 6.90. The van der Waals surface area contributed by atoms with Crippen LogP contribution in [0.25, 0.3) is 0 Å². The van der Waals surface area contributed by atoms with Crippen molar-refractivity contribution in [2.45, 2.75) is 71.3 Å². The summed E-state index contributed by atoms with van der Waals surface area (Å²) in [7, 11) is 0. The molecule has 0 spiro atoms. The van der Waals surface area contributed by atoms with E-state index in [1.54, 1.807) is 0 Å². The third-order valence-corrected chi connectivity index (χ3v) is 8.48. The summed E-state index contributed by atoms with van der Waals surface area (Å²) in [6.07, 6.45) is 10.4. The van der Waals surface area contributed by atoms with E-state index in [9.17, 15) is 9.59 Å². The van der Waals surface area contributed by atoms with E-state index in [2.05, 4.69) is 13.8 Å². The molecule has 0 aromatic carbocycles. The average Bonchev–Trinajstić information content (AvgIpc) is 2.92. The van der Waals surface area contributed by atoms with Gasteiger partial charge < -0.3 is 4.74 Å². The van der Waals surface area contributed by atoms with Gasteiger partial charge in [-0.25, -0.2) is 0 Å². The number of fused-ring (bicyclic) bond motifs is 5. The van der Waals surface area contributed by atoms with E-state index in [-0.39, 0.29) is 28.8 Å². The van der Waals surface area contributed by atoms with Crippen molar-refractivity contribution in [3.8, 4) is 0 Å². The third kappa shape index (κ3) is 2.60. The molecule has 0 aliphatic heterocycles. The van der Waals surface area contributed by atoms with Crippen LogP contribution < -0.4 is 0 Å². The van der Waals surface area contributed by atoms with Gasteiger partial charge in [0.1, 0.15) is 12.0 Å². The molecule has 0 radical (unpaired) electrons. The summed E-state index contributed by atoms with van der Waals surface area (Å²) < 4.78 is 5.73. The van der Waals surface area contributed by atoms with Crippen molar-refractivity contribution in [1.29, 1.82) is 0 Å². The predicted molar refractivity (Wildman–Crippen MR) is 97.3 cm³/mol. The SMILES string of the molecule is C[C@]12CCC(=O)C=C1CC[C@@H]1[C@H]2CC[C@]2(C)C(OC(=O)CCl)CC[C@@H]12. The van der Waals surface area contributed by atoms with E-state index < -0.39 is 0 Å². The van der Waals surface area contributed by atoms with Crippen LogP contribution in [0.3, 0.4) is 0 Å². The van der Waals surface area contributed by atoms with Gasteiger partial charge in [0.25, 0.3) is 0 Å². The molecular formula is C21H29ClO3. The van der Waals surface area contributed by atoms with Crippen LogP contribution in [-0.2, 0) is 14.3 Å². The van der Waals surface area contributed by atoms with E-state index >= 15 is 0 Å². The number of carbonyl (C=O) groups is 2. The predicted octanol–water partition coefficient (Wildman–Crippen LogP) is 4.67. The molecule has 3 nitrogen and oxygen atoms in total. The van der Waals surface area contributed by atoms with E-state index in [0.29, 0.717) is 30.0 Å². The molecule has 0 aromatic heterocycles. The highest BCUT2D eigenvalue weighted by atomic mass is 35.5. The zero-order valence-corrected chi connectivity index (χ0v) is 16.1. The summed E-state index contributed by atoms with van der Waals surface area (Å²) in [5.74, 6) is 2.01. The van der Waals surface area contributed by atoms with Gasteiger partial charge in [-0.05, 0) is 74.2 Å². The van der Waals surface area contributed by atoms with Gasteiger partial charge in [-0.3, -0.25) is 9.59 Å². The lowest BCUT2D eigenvalue weighted by Crippen LogP contribution is -2.51. The van der Waals surface area contributed by atoms with Crippen LogP contribution in [0.15, 0.2) is 11.6 Å². The maximum absolute atomic E-state index is 11.9. The van der Waals surface area contributed by atoms with Gasteiger partial charge in [-0.2, -0.15) is 0 Å². The van der Waals surface area contributed by atoms with E-state index in [4.69, 9.17) is 16.3 Å². The molecule has 0 heterocycles. The van der Waals surface area contributed by atoms with Gasteiger partial charge in [0.2, 0.25) is 0 Å². The first-order valence-electron chi connectivity index (χ1n) is 9.88. The minimum atomic E-state index is -0.276. The Morgan fingerprint density at radius 3 is 2.72 bits per heavy atom. The van der Waals surface area contributed by atoms with Crippen molar-refractivity contribution in [2.24, 2.45) is 28.6 Å². The molecule has 4 aliphatic rings. The van der Waals surface area contributed by atoms with E-state index in [1.807, 2.05) is 6.08 Å². The summed E-state index contributed by atoms with van der Waals surface area (Å²) in [6, 6.07) is 0. The third-order valence-electron chi connectivity index (χ3n) is 8.26. The Bertz CT molecular complexity index is 627. The summed E-state index contributed by atoms with van der Waals surface area (Å²) in [5, 5.41) is 0. The smallest absolute Gasteiger partial charge is 0.321 e. The number of allylic oxidation sites excluding steroid dienone is 1. The van der Waals surface area contributed by atoms with Gasteiger partial charge in [-0.1, -0.05) is 19.4 Å². The molecule has 3 fully saturated rings. The Hall–Kier alpha value is -0.830. The van der Waals surface area contributed by atoms with Crippen LogP contribution in [-0.4, -0.2) is 23.7 Å². The maximum Gasteiger partial charge on any atom is 0.321 e. The first-order valence-corrected chi connectivity index (χ1v) is 10.4. The molecule has 138 valence electrons. The zero-order valence-electron chi connectivity index (χ0n) is 15.4. The molecule has 6 atom stereocenters. The lowest BCUT2D eigenvalue weighted by Gasteiger charge is -2.57. The van der Waals surface area contributed by atoms with Gasteiger partial charge in [0, 0.05) is 11.8 Å². The molecule has 1 unspecified atom stereocenters. The largest absolute Gasteiger partial charge is 0.461 e. The lowest BCUT2D eigenvalue weighted by molar-refractivity contribution is -0.156. The summed E-state index contributed by atoms with van der Waals surface area (Å²) in [4.78, 5) is 23.6. The van der Waals surface area contributed by atoms with Crippen molar-refractivity contribution in [2.75, 3.05) is 5.88 Å². The molecule has 4 aliphatic carbocycles. The Morgan fingerprint density at radius 2 is 1.96 bits per heavy atom. The fraction of sp³-hybridized carbons (Fsp3) is 0.810. The van der Waals surface area contributed by atoms with Crippen molar-refractivity contribution in [3.05, 3.63) is 11.6 Å². The Kier molecular flexibility index (Phi) is 4.30. The highest BCUT2D eigenvalue weighted by molar-refractivity contribution is 6.26. The van der Waals surface area contributed by atoms with Crippen molar-refractivity contribution in [3.63, 3.8) is 0 Å². The van der Waals surface area contributed by atoms with Crippen LogP contribution in [0.2, 0.25) is 0 Å². The molecule has 0 N–H and O–H groups in total. The molecule has 25 heavy (non-hydrogen) atoms. The Labute approximate surface area is 155 Å². The van der Waals surface area contributed by atoms with Crippen LogP contribution >= 0.6 is 11.6 Å². The number of alkyl halides is 1. The first kappa shape index (κ1) is 17.6. The Morgan fingerprint density at radius 1 is 1.16 bits per heavy atom. The van der Waals surface area contributed by atoms with Gasteiger partial charge in [-0.15, -0.1) is 11.6 Å². The molecule has 0 bridgehead atoms. The molecule has 4 heteroatoms.